The Hall–Kier alpha value is -1.81. The molecule has 21 heavy (non-hydrogen) atoms. The second kappa shape index (κ2) is 5.90. The molecule has 1 aliphatic rings. The van der Waals surface area contributed by atoms with E-state index in [0.717, 1.165) is 24.2 Å². The molecule has 2 aromatic rings. The van der Waals surface area contributed by atoms with Crippen molar-refractivity contribution in [1.29, 1.82) is 0 Å². The van der Waals surface area contributed by atoms with Gasteiger partial charge in [-0.1, -0.05) is 6.92 Å². The minimum absolute atomic E-state index is 0.113. The van der Waals surface area contributed by atoms with Crippen molar-refractivity contribution in [2.45, 2.75) is 39.2 Å². The number of hydrogen-bond acceptors (Lipinski definition) is 3. The molecule has 0 saturated heterocycles. The van der Waals surface area contributed by atoms with Gasteiger partial charge < -0.3 is 10.6 Å². The third-order valence-electron chi connectivity index (χ3n) is 3.84. The van der Waals surface area contributed by atoms with Gasteiger partial charge in [0.25, 0.3) is 0 Å². The van der Waals surface area contributed by atoms with Crippen LogP contribution in [0.15, 0.2) is 30.3 Å². The molecule has 1 aromatic carbocycles. The van der Waals surface area contributed by atoms with Gasteiger partial charge in [0.1, 0.15) is 0 Å². The molecule has 3 rings (SSSR count). The number of anilines is 2. The number of rotatable bonds is 4. The van der Waals surface area contributed by atoms with Crippen molar-refractivity contribution in [2.75, 3.05) is 10.6 Å². The Bertz CT molecular complexity index is 663. The number of carbonyl (C=O) groups is 1. The third kappa shape index (κ3) is 3.10. The SMILES string of the molecule is CCc1ccc(C(C)Nc2ccc3c(c2)CCC(=O)N3)s1. The van der Waals surface area contributed by atoms with E-state index in [4.69, 9.17) is 0 Å². The van der Waals surface area contributed by atoms with E-state index < -0.39 is 0 Å². The average molecular weight is 300 g/mol. The first kappa shape index (κ1) is 14.1. The molecule has 4 heteroatoms. The van der Waals surface area contributed by atoms with Gasteiger partial charge in [-0.3, -0.25) is 4.79 Å². The van der Waals surface area contributed by atoms with Crippen LogP contribution < -0.4 is 10.6 Å². The van der Waals surface area contributed by atoms with E-state index in [2.05, 4.69) is 42.7 Å². The number of amides is 1. The van der Waals surface area contributed by atoms with Crippen LogP contribution >= 0.6 is 11.3 Å². The van der Waals surface area contributed by atoms with E-state index in [9.17, 15) is 4.79 Å². The fourth-order valence-corrected chi connectivity index (χ4v) is 3.57. The molecule has 2 N–H and O–H groups in total. The van der Waals surface area contributed by atoms with Gasteiger partial charge in [0.05, 0.1) is 6.04 Å². The Morgan fingerprint density at radius 1 is 1.29 bits per heavy atom. The normalized spacial score (nSPS) is 15.2. The number of fused-ring (bicyclic) bond motifs is 1. The maximum atomic E-state index is 11.4. The number of aryl methyl sites for hydroxylation is 2. The zero-order valence-electron chi connectivity index (χ0n) is 12.4. The Kier molecular flexibility index (Phi) is 3.97. The number of carbonyl (C=O) groups excluding carboxylic acids is 1. The first-order chi connectivity index (χ1) is 10.2. The Balaban J connectivity index is 1.74. The summed E-state index contributed by atoms with van der Waals surface area (Å²) in [6.07, 6.45) is 2.50. The lowest BCUT2D eigenvalue weighted by Crippen LogP contribution is -2.19. The summed E-state index contributed by atoms with van der Waals surface area (Å²) in [4.78, 5) is 14.2. The largest absolute Gasteiger partial charge is 0.378 e. The lowest BCUT2D eigenvalue weighted by atomic mass is 10.0. The van der Waals surface area contributed by atoms with Crippen molar-refractivity contribution in [3.8, 4) is 0 Å². The van der Waals surface area contributed by atoms with Crippen molar-refractivity contribution in [1.82, 2.24) is 0 Å². The van der Waals surface area contributed by atoms with Crippen LogP contribution in [0.2, 0.25) is 0 Å². The van der Waals surface area contributed by atoms with Crippen molar-refractivity contribution in [3.05, 3.63) is 45.6 Å². The van der Waals surface area contributed by atoms with Crippen LogP contribution in [0.1, 0.15) is 41.6 Å². The minimum atomic E-state index is 0.113. The molecule has 110 valence electrons. The van der Waals surface area contributed by atoms with Gasteiger partial charge in [-0.2, -0.15) is 0 Å². The van der Waals surface area contributed by atoms with Crippen molar-refractivity contribution >= 4 is 28.6 Å². The molecule has 1 amide bonds. The predicted molar refractivity (Wildman–Crippen MR) is 89.1 cm³/mol. The van der Waals surface area contributed by atoms with E-state index in [-0.39, 0.29) is 5.91 Å². The fraction of sp³-hybridized carbons (Fsp3) is 0.353. The van der Waals surface area contributed by atoms with E-state index in [1.54, 1.807) is 0 Å². The smallest absolute Gasteiger partial charge is 0.224 e. The first-order valence-corrected chi connectivity index (χ1v) is 8.25. The van der Waals surface area contributed by atoms with Gasteiger partial charge >= 0.3 is 0 Å². The highest BCUT2D eigenvalue weighted by Gasteiger charge is 2.15. The Morgan fingerprint density at radius 3 is 2.90 bits per heavy atom. The van der Waals surface area contributed by atoms with Gasteiger partial charge in [0, 0.05) is 27.5 Å². The summed E-state index contributed by atoms with van der Waals surface area (Å²) < 4.78 is 0. The third-order valence-corrected chi connectivity index (χ3v) is 5.25. The minimum Gasteiger partial charge on any atom is -0.378 e. The topological polar surface area (TPSA) is 41.1 Å². The summed E-state index contributed by atoms with van der Waals surface area (Å²) in [6.45, 7) is 4.37. The molecule has 1 aromatic heterocycles. The second-order valence-electron chi connectivity index (χ2n) is 5.44. The van der Waals surface area contributed by atoms with Gasteiger partial charge in [-0.25, -0.2) is 0 Å². The fourth-order valence-electron chi connectivity index (χ4n) is 2.61. The molecule has 2 heterocycles. The molecule has 0 radical (unpaired) electrons. The monoisotopic (exact) mass is 300 g/mol. The molecule has 0 saturated carbocycles. The highest BCUT2D eigenvalue weighted by Crippen LogP contribution is 2.30. The standard InChI is InChI=1S/C17H20N2OS/c1-3-14-6-8-16(21-14)11(2)18-13-5-7-15-12(10-13)4-9-17(20)19-15/h5-8,10-11,18H,3-4,9H2,1-2H3,(H,19,20). The summed E-state index contributed by atoms with van der Waals surface area (Å²) in [5, 5.41) is 6.47. The van der Waals surface area contributed by atoms with E-state index in [1.165, 1.54) is 15.3 Å². The summed E-state index contributed by atoms with van der Waals surface area (Å²) in [5.41, 5.74) is 3.28. The molecule has 0 spiro atoms. The molecular formula is C17H20N2OS. The van der Waals surface area contributed by atoms with E-state index in [0.29, 0.717) is 12.5 Å². The lowest BCUT2D eigenvalue weighted by Gasteiger charge is -2.20. The zero-order chi connectivity index (χ0) is 14.8. The average Bonchev–Trinajstić information content (AvgIpc) is 2.96. The summed E-state index contributed by atoms with van der Waals surface area (Å²) in [7, 11) is 0. The molecule has 1 atom stereocenters. The highest BCUT2D eigenvalue weighted by molar-refractivity contribution is 7.12. The van der Waals surface area contributed by atoms with Crippen LogP contribution in [0.3, 0.4) is 0 Å². The quantitative estimate of drug-likeness (QED) is 0.880. The Morgan fingerprint density at radius 2 is 2.14 bits per heavy atom. The molecule has 0 aliphatic carbocycles. The maximum absolute atomic E-state index is 11.4. The van der Waals surface area contributed by atoms with E-state index >= 15 is 0 Å². The van der Waals surface area contributed by atoms with Crippen molar-refractivity contribution in [3.63, 3.8) is 0 Å². The van der Waals surface area contributed by atoms with E-state index in [1.807, 2.05) is 23.5 Å². The Labute approximate surface area is 129 Å². The van der Waals surface area contributed by atoms with Crippen LogP contribution in [0, 0.1) is 0 Å². The molecule has 1 unspecified atom stereocenters. The summed E-state index contributed by atoms with van der Waals surface area (Å²) in [6, 6.07) is 10.9. The second-order valence-corrected chi connectivity index (χ2v) is 6.64. The van der Waals surface area contributed by atoms with Crippen LogP contribution in [0.5, 0.6) is 0 Å². The maximum Gasteiger partial charge on any atom is 0.224 e. The van der Waals surface area contributed by atoms with Crippen LogP contribution in [-0.4, -0.2) is 5.91 Å². The zero-order valence-corrected chi connectivity index (χ0v) is 13.2. The first-order valence-electron chi connectivity index (χ1n) is 7.43. The predicted octanol–water partition coefficient (Wildman–Crippen LogP) is 4.37. The molecule has 0 fully saturated rings. The number of nitrogens with one attached hydrogen (secondary N) is 2. The molecule has 3 nitrogen and oxygen atoms in total. The number of hydrogen-bond donors (Lipinski definition) is 2. The van der Waals surface area contributed by atoms with Gasteiger partial charge in [-0.15, -0.1) is 11.3 Å². The molecule has 1 aliphatic heterocycles. The number of benzene rings is 1. The highest BCUT2D eigenvalue weighted by atomic mass is 32.1. The summed E-state index contributed by atoms with van der Waals surface area (Å²) in [5.74, 6) is 0.113. The molecular weight excluding hydrogens is 280 g/mol. The summed E-state index contributed by atoms with van der Waals surface area (Å²) >= 11 is 1.87. The molecule has 0 bridgehead atoms. The van der Waals surface area contributed by atoms with Gasteiger partial charge in [-0.05, 0) is 55.7 Å². The van der Waals surface area contributed by atoms with Gasteiger partial charge in [0.2, 0.25) is 5.91 Å². The lowest BCUT2D eigenvalue weighted by molar-refractivity contribution is -0.116. The van der Waals surface area contributed by atoms with Crippen LogP contribution in [0.4, 0.5) is 11.4 Å². The van der Waals surface area contributed by atoms with Crippen molar-refractivity contribution in [2.24, 2.45) is 0 Å². The number of thiophene rings is 1. The van der Waals surface area contributed by atoms with Crippen molar-refractivity contribution < 1.29 is 4.79 Å². The van der Waals surface area contributed by atoms with Gasteiger partial charge in [0.15, 0.2) is 0 Å². The van der Waals surface area contributed by atoms with Crippen LogP contribution in [0.25, 0.3) is 0 Å². The van der Waals surface area contributed by atoms with Crippen LogP contribution in [-0.2, 0) is 17.6 Å².